The van der Waals surface area contributed by atoms with Crippen molar-refractivity contribution in [2.45, 2.75) is 25.9 Å². The van der Waals surface area contributed by atoms with Gasteiger partial charge in [-0.05, 0) is 31.6 Å². The highest BCUT2D eigenvalue weighted by Crippen LogP contribution is 2.32. The minimum atomic E-state index is -4.63. The van der Waals surface area contributed by atoms with Gasteiger partial charge in [-0.2, -0.15) is 18.3 Å². The number of aromatic nitrogens is 5. The third-order valence-corrected chi connectivity index (χ3v) is 5.27. The molecule has 0 unspecified atom stereocenters. The topological polar surface area (TPSA) is 107 Å². The van der Waals surface area contributed by atoms with Gasteiger partial charge in [0.2, 0.25) is 5.91 Å². The number of carbonyl (C=O) groups is 1. The second kappa shape index (κ2) is 7.77. The second-order valence-electron chi connectivity index (χ2n) is 7.42. The van der Waals surface area contributed by atoms with Crippen LogP contribution < -0.4 is 10.6 Å². The van der Waals surface area contributed by atoms with Crippen LogP contribution in [-0.2, 0) is 18.0 Å². The van der Waals surface area contributed by atoms with Crippen LogP contribution in [0.4, 0.5) is 19.0 Å². The van der Waals surface area contributed by atoms with Gasteiger partial charge < -0.3 is 10.3 Å². The first-order valence-corrected chi connectivity index (χ1v) is 9.82. The van der Waals surface area contributed by atoms with Crippen molar-refractivity contribution in [2.24, 2.45) is 17.8 Å². The summed E-state index contributed by atoms with van der Waals surface area (Å²) in [5.74, 6) is 1.18. The first-order valence-electron chi connectivity index (χ1n) is 9.82. The molecule has 0 aromatic carbocycles. The van der Waals surface area contributed by atoms with E-state index in [1.807, 2.05) is 0 Å². The van der Waals surface area contributed by atoms with E-state index in [0.717, 1.165) is 10.9 Å². The quantitative estimate of drug-likeness (QED) is 0.489. The maximum atomic E-state index is 13.4. The maximum absolute atomic E-state index is 13.4. The number of halogens is 3. The van der Waals surface area contributed by atoms with Gasteiger partial charge >= 0.3 is 6.18 Å². The van der Waals surface area contributed by atoms with Crippen molar-refractivity contribution in [1.29, 1.82) is 0 Å². The first kappa shape index (κ1) is 21.5. The SMILES string of the molecule is CN=C(N)c1cc(/C=C/c2nc(N3CCCC3=O)cn2C)nn2c(C)c(C(F)(F)F)nc12. The largest absolute Gasteiger partial charge is 0.435 e. The Morgan fingerprint density at radius 3 is 2.66 bits per heavy atom. The third-order valence-electron chi connectivity index (χ3n) is 5.27. The number of hydrogen-bond donors (Lipinski definition) is 1. The molecule has 1 aliphatic heterocycles. The molecule has 1 amide bonds. The molecule has 3 aromatic heterocycles. The summed E-state index contributed by atoms with van der Waals surface area (Å²) >= 11 is 0. The molecule has 1 aliphatic rings. The van der Waals surface area contributed by atoms with Crippen LogP contribution in [0, 0.1) is 6.92 Å². The number of nitrogens with zero attached hydrogens (tertiary/aromatic N) is 7. The van der Waals surface area contributed by atoms with Crippen molar-refractivity contribution < 1.29 is 18.0 Å². The smallest absolute Gasteiger partial charge is 0.383 e. The van der Waals surface area contributed by atoms with E-state index in [2.05, 4.69) is 20.1 Å². The molecule has 0 saturated carbocycles. The van der Waals surface area contributed by atoms with Crippen LogP contribution in [0.5, 0.6) is 0 Å². The van der Waals surface area contributed by atoms with E-state index in [1.165, 1.54) is 20.0 Å². The summed E-state index contributed by atoms with van der Waals surface area (Å²) in [6.45, 7) is 1.92. The Hall–Kier alpha value is -3.70. The molecule has 12 heteroatoms. The fraction of sp³-hybridized carbons (Fsp3) is 0.350. The van der Waals surface area contributed by atoms with Gasteiger partial charge in [0.15, 0.2) is 17.2 Å². The van der Waals surface area contributed by atoms with Gasteiger partial charge in [-0.25, -0.2) is 14.5 Å². The fourth-order valence-electron chi connectivity index (χ4n) is 3.61. The van der Waals surface area contributed by atoms with Crippen LogP contribution in [0.2, 0.25) is 0 Å². The Morgan fingerprint density at radius 1 is 1.28 bits per heavy atom. The van der Waals surface area contributed by atoms with Crippen molar-refractivity contribution in [1.82, 2.24) is 24.1 Å². The van der Waals surface area contributed by atoms with Crippen LogP contribution in [0.25, 0.3) is 17.8 Å². The zero-order valence-electron chi connectivity index (χ0n) is 17.7. The fourth-order valence-corrected chi connectivity index (χ4v) is 3.61. The average Bonchev–Trinajstić information content (AvgIpc) is 3.42. The molecule has 0 atom stereocenters. The number of alkyl halides is 3. The van der Waals surface area contributed by atoms with E-state index in [9.17, 15) is 18.0 Å². The third kappa shape index (κ3) is 3.72. The highest BCUT2D eigenvalue weighted by Gasteiger charge is 2.37. The van der Waals surface area contributed by atoms with E-state index < -0.39 is 11.9 Å². The zero-order chi connectivity index (χ0) is 23.2. The molecular weight excluding hydrogens is 425 g/mol. The second-order valence-corrected chi connectivity index (χ2v) is 7.42. The number of anilines is 1. The number of nitrogens with two attached hydrogens (primary N) is 1. The molecule has 2 N–H and O–H groups in total. The van der Waals surface area contributed by atoms with Gasteiger partial charge in [0.05, 0.1) is 17.0 Å². The summed E-state index contributed by atoms with van der Waals surface area (Å²) in [7, 11) is 3.23. The molecule has 3 aromatic rings. The molecule has 1 saturated heterocycles. The molecule has 9 nitrogen and oxygen atoms in total. The number of amidine groups is 1. The van der Waals surface area contributed by atoms with Crippen molar-refractivity contribution in [3.63, 3.8) is 0 Å². The lowest BCUT2D eigenvalue weighted by atomic mass is 10.2. The van der Waals surface area contributed by atoms with Crippen molar-refractivity contribution in [3.05, 3.63) is 40.7 Å². The van der Waals surface area contributed by atoms with Gasteiger partial charge in [0.25, 0.3) is 0 Å². The summed E-state index contributed by atoms with van der Waals surface area (Å²) in [5.41, 5.74) is 5.30. The van der Waals surface area contributed by atoms with Gasteiger partial charge in [-0.3, -0.25) is 14.7 Å². The molecule has 1 fully saturated rings. The number of fused-ring (bicyclic) bond motifs is 1. The average molecular weight is 446 g/mol. The van der Waals surface area contributed by atoms with Crippen LogP contribution >= 0.6 is 0 Å². The van der Waals surface area contributed by atoms with Gasteiger partial charge in [0, 0.05) is 33.3 Å². The Morgan fingerprint density at radius 2 is 2.03 bits per heavy atom. The van der Waals surface area contributed by atoms with Crippen LogP contribution in [0.1, 0.15) is 41.3 Å². The molecule has 0 spiro atoms. The predicted octanol–water partition coefficient (Wildman–Crippen LogP) is 2.42. The summed E-state index contributed by atoms with van der Waals surface area (Å²) in [6.07, 6.45) is 1.69. The maximum Gasteiger partial charge on any atom is 0.435 e. The van der Waals surface area contributed by atoms with Crippen LogP contribution in [0.3, 0.4) is 0 Å². The summed E-state index contributed by atoms with van der Waals surface area (Å²) < 4.78 is 42.9. The van der Waals surface area contributed by atoms with E-state index in [-0.39, 0.29) is 28.6 Å². The van der Waals surface area contributed by atoms with Crippen LogP contribution in [0.15, 0.2) is 17.3 Å². The summed E-state index contributed by atoms with van der Waals surface area (Å²) in [4.78, 5) is 25.7. The van der Waals surface area contributed by atoms with Gasteiger partial charge in [0.1, 0.15) is 11.7 Å². The van der Waals surface area contributed by atoms with Crippen LogP contribution in [-0.4, -0.2) is 49.5 Å². The molecule has 32 heavy (non-hydrogen) atoms. The van der Waals surface area contributed by atoms with Gasteiger partial charge in [-0.15, -0.1) is 0 Å². The molecule has 4 heterocycles. The number of aliphatic imine (C=N–C) groups is 1. The Bertz CT molecular complexity index is 1270. The minimum Gasteiger partial charge on any atom is -0.383 e. The molecular formula is C20H21F3N8O. The molecule has 0 bridgehead atoms. The Labute approximate surface area is 181 Å². The van der Waals surface area contributed by atoms with Crippen molar-refractivity contribution in [2.75, 3.05) is 18.5 Å². The minimum absolute atomic E-state index is 0.0260. The monoisotopic (exact) mass is 446 g/mol. The Kier molecular flexibility index (Phi) is 5.23. The normalized spacial score (nSPS) is 15.6. The van der Waals surface area contributed by atoms with E-state index >= 15 is 0 Å². The highest BCUT2D eigenvalue weighted by atomic mass is 19.4. The highest BCUT2D eigenvalue weighted by molar-refractivity contribution is 6.03. The zero-order valence-corrected chi connectivity index (χ0v) is 17.7. The van der Waals surface area contributed by atoms with E-state index in [4.69, 9.17) is 5.73 Å². The lowest BCUT2D eigenvalue weighted by Gasteiger charge is -2.10. The molecule has 4 rings (SSSR count). The summed E-state index contributed by atoms with van der Waals surface area (Å²) in [5, 5.41) is 4.28. The lowest BCUT2D eigenvalue weighted by Crippen LogP contribution is -2.23. The van der Waals surface area contributed by atoms with Gasteiger partial charge in [-0.1, -0.05) is 0 Å². The van der Waals surface area contributed by atoms with E-state index in [0.29, 0.717) is 30.3 Å². The number of imidazole rings is 2. The summed E-state index contributed by atoms with van der Waals surface area (Å²) in [6, 6.07) is 1.52. The van der Waals surface area contributed by atoms with E-state index in [1.54, 1.807) is 34.9 Å². The number of aryl methyl sites for hydroxylation is 2. The number of hydrogen-bond acceptors (Lipinski definition) is 5. The first-order chi connectivity index (χ1) is 15.1. The number of carbonyl (C=O) groups excluding carboxylic acids is 1. The molecule has 0 aliphatic carbocycles. The van der Waals surface area contributed by atoms with Crippen molar-refractivity contribution in [3.8, 4) is 0 Å². The molecule has 0 radical (unpaired) electrons. The number of amides is 1. The predicted molar refractivity (Wildman–Crippen MR) is 113 cm³/mol. The molecule has 168 valence electrons. The number of rotatable bonds is 4. The van der Waals surface area contributed by atoms with Crippen molar-refractivity contribution >= 4 is 35.4 Å². The lowest BCUT2D eigenvalue weighted by molar-refractivity contribution is -0.141. The standard InChI is InChI=1S/C20H21F3N8O/c1-11-17(20(21,22)23)27-19-13(18(24)25-2)9-12(28-31(11)19)6-7-14-26-15(10-29(14)3)30-8-4-5-16(30)32/h6-7,9-10H,4-5,8H2,1-3H3,(H2,24,25)/b7-6+. The Balaban J connectivity index is 1.77.